The van der Waals surface area contributed by atoms with Crippen molar-refractivity contribution in [3.05, 3.63) is 30.3 Å². The average molecular weight is 360 g/mol. The molecule has 26 heavy (non-hydrogen) atoms. The van der Waals surface area contributed by atoms with Crippen LogP contribution < -0.4 is 4.74 Å². The van der Waals surface area contributed by atoms with Crippen molar-refractivity contribution in [1.29, 1.82) is 0 Å². The van der Waals surface area contributed by atoms with Crippen molar-refractivity contribution in [2.75, 3.05) is 32.8 Å². The summed E-state index contributed by atoms with van der Waals surface area (Å²) in [5, 5.41) is 10.8. The first-order chi connectivity index (χ1) is 12.6. The molecule has 3 rings (SSSR count). The van der Waals surface area contributed by atoms with Gasteiger partial charge < -0.3 is 19.6 Å². The van der Waals surface area contributed by atoms with Crippen LogP contribution in [0.4, 0.5) is 0 Å². The zero-order chi connectivity index (χ0) is 18.4. The molecule has 0 bridgehead atoms. The van der Waals surface area contributed by atoms with Gasteiger partial charge in [0.15, 0.2) is 0 Å². The van der Waals surface area contributed by atoms with Crippen molar-refractivity contribution >= 4 is 11.8 Å². The SMILES string of the molecule is O=C1CCCN1CCC(=O)N1CCCC(O)(COc2ccccc2)CC1. The van der Waals surface area contributed by atoms with Crippen LogP contribution in [0.25, 0.3) is 0 Å². The van der Waals surface area contributed by atoms with E-state index in [1.165, 1.54) is 0 Å². The molecule has 2 aliphatic heterocycles. The number of hydrogen-bond acceptors (Lipinski definition) is 4. The van der Waals surface area contributed by atoms with Crippen molar-refractivity contribution in [3.63, 3.8) is 0 Å². The van der Waals surface area contributed by atoms with Crippen LogP contribution >= 0.6 is 0 Å². The molecule has 0 aliphatic carbocycles. The molecule has 2 aliphatic rings. The maximum Gasteiger partial charge on any atom is 0.224 e. The van der Waals surface area contributed by atoms with Crippen molar-refractivity contribution in [2.45, 2.75) is 44.1 Å². The lowest BCUT2D eigenvalue weighted by Crippen LogP contribution is -2.39. The van der Waals surface area contributed by atoms with Crippen LogP contribution in [0.5, 0.6) is 5.75 Å². The van der Waals surface area contributed by atoms with Crippen LogP contribution in [-0.2, 0) is 9.59 Å². The lowest BCUT2D eigenvalue weighted by molar-refractivity contribution is -0.133. The number of carbonyl (C=O) groups excluding carboxylic acids is 2. The zero-order valence-electron chi connectivity index (χ0n) is 15.2. The molecule has 142 valence electrons. The summed E-state index contributed by atoms with van der Waals surface area (Å²) in [6.07, 6.45) is 3.74. The Hall–Kier alpha value is -2.08. The first-order valence-electron chi connectivity index (χ1n) is 9.52. The van der Waals surface area contributed by atoms with Gasteiger partial charge in [0.05, 0.1) is 0 Å². The number of ether oxygens (including phenoxy) is 1. The fourth-order valence-corrected chi connectivity index (χ4v) is 3.64. The van der Waals surface area contributed by atoms with E-state index < -0.39 is 5.60 Å². The first-order valence-corrected chi connectivity index (χ1v) is 9.52. The third-order valence-corrected chi connectivity index (χ3v) is 5.29. The number of benzene rings is 1. The molecule has 6 heteroatoms. The summed E-state index contributed by atoms with van der Waals surface area (Å²) >= 11 is 0. The van der Waals surface area contributed by atoms with E-state index in [-0.39, 0.29) is 18.4 Å². The Kier molecular flexibility index (Phi) is 6.14. The Morgan fingerprint density at radius 1 is 1.12 bits per heavy atom. The first kappa shape index (κ1) is 18.7. The van der Waals surface area contributed by atoms with Crippen molar-refractivity contribution in [3.8, 4) is 5.75 Å². The highest BCUT2D eigenvalue weighted by molar-refractivity contribution is 5.80. The fourth-order valence-electron chi connectivity index (χ4n) is 3.64. The Bertz CT molecular complexity index is 621. The zero-order valence-corrected chi connectivity index (χ0v) is 15.2. The molecule has 0 aromatic heterocycles. The summed E-state index contributed by atoms with van der Waals surface area (Å²) in [6.45, 7) is 2.70. The lowest BCUT2D eigenvalue weighted by Gasteiger charge is -2.27. The number of nitrogens with zero attached hydrogens (tertiary/aromatic N) is 2. The second-order valence-corrected chi connectivity index (χ2v) is 7.29. The molecule has 1 aromatic rings. The summed E-state index contributed by atoms with van der Waals surface area (Å²) in [5.41, 5.74) is -0.907. The largest absolute Gasteiger partial charge is 0.491 e. The molecule has 0 spiro atoms. The molecule has 2 saturated heterocycles. The molecule has 1 atom stereocenters. The summed E-state index contributed by atoms with van der Waals surface area (Å²) in [5.74, 6) is 0.965. The standard InChI is InChI=1S/C20H28N2O4/c23-18-8-4-12-21(18)14-9-19(24)22-13-5-10-20(25,11-15-22)16-26-17-6-2-1-3-7-17/h1-3,6-7,25H,4-5,8-16H2. The van der Waals surface area contributed by atoms with Crippen LogP contribution in [-0.4, -0.2) is 65.1 Å². The van der Waals surface area contributed by atoms with Gasteiger partial charge in [-0.1, -0.05) is 18.2 Å². The molecule has 2 heterocycles. The van der Waals surface area contributed by atoms with Gasteiger partial charge in [-0.15, -0.1) is 0 Å². The number of para-hydroxylation sites is 1. The van der Waals surface area contributed by atoms with E-state index in [1.54, 1.807) is 4.90 Å². The Labute approximate surface area is 154 Å². The fraction of sp³-hybridized carbons (Fsp3) is 0.600. The number of rotatable bonds is 6. The molecular weight excluding hydrogens is 332 g/mol. The molecule has 1 N–H and O–H groups in total. The van der Waals surface area contributed by atoms with Gasteiger partial charge in [-0.2, -0.15) is 0 Å². The number of aliphatic hydroxyl groups is 1. The maximum absolute atomic E-state index is 12.5. The molecule has 2 amide bonds. The van der Waals surface area contributed by atoms with Crippen LogP contribution in [0.15, 0.2) is 30.3 Å². The Morgan fingerprint density at radius 3 is 2.65 bits per heavy atom. The third-order valence-electron chi connectivity index (χ3n) is 5.29. The van der Waals surface area contributed by atoms with Crippen LogP contribution in [0.2, 0.25) is 0 Å². The molecule has 1 aromatic carbocycles. The Morgan fingerprint density at radius 2 is 1.92 bits per heavy atom. The quantitative estimate of drug-likeness (QED) is 0.840. The number of hydrogen-bond donors (Lipinski definition) is 1. The highest BCUT2D eigenvalue weighted by atomic mass is 16.5. The molecule has 0 saturated carbocycles. The maximum atomic E-state index is 12.5. The molecule has 2 fully saturated rings. The van der Waals surface area contributed by atoms with Crippen LogP contribution in [0, 0.1) is 0 Å². The summed E-state index contributed by atoms with van der Waals surface area (Å²) in [7, 11) is 0. The predicted octanol–water partition coefficient (Wildman–Crippen LogP) is 1.82. The predicted molar refractivity (Wildman–Crippen MR) is 97.7 cm³/mol. The van der Waals surface area contributed by atoms with Crippen molar-refractivity contribution in [1.82, 2.24) is 9.80 Å². The van der Waals surface area contributed by atoms with E-state index >= 15 is 0 Å². The minimum absolute atomic E-state index is 0.0675. The average Bonchev–Trinajstić information content (AvgIpc) is 2.96. The summed E-state index contributed by atoms with van der Waals surface area (Å²) in [4.78, 5) is 27.7. The highest BCUT2D eigenvalue weighted by Crippen LogP contribution is 2.24. The van der Waals surface area contributed by atoms with Gasteiger partial charge in [0, 0.05) is 39.0 Å². The van der Waals surface area contributed by atoms with Gasteiger partial charge in [-0.05, 0) is 37.8 Å². The van der Waals surface area contributed by atoms with E-state index in [2.05, 4.69) is 0 Å². The van der Waals surface area contributed by atoms with Crippen molar-refractivity contribution < 1.29 is 19.4 Å². The van der Waals surface area contributed by atoms with E-state index in [0.717, 1.165) is 25.1 Å². The van der Waals surface area contributed by atoms with Crippen molar-refractivity contribution in [2.24, 2.45) is 0 Å². The van der Waals surface area contributed by atoms with Gasteiger partial charge in [-0.3, -0.25) is 9.59 Å². The van der Waals surface area contributed by atoms with Gasteiger partial charge in [0.25, 0.3) is 0 Å². The van der Waals surface area contributed by atoms with E-state index in [9.17, 15) is 14.7 Å². The second-order valence-electron chi connectivity index (χ2n) is 7.29. The lowest BCUT2D eigenvalue weighted by atomic mass is 9.96. The molecule has 1 unspecified atom stereocenters. The summed E-state index contributed by atoms with van der Waals surface area (Å²) in [6, 6.07) is 9.47. The monoisotopic (exact) mass is 360 g/mol. The number of carbonyl (C=O) groups is 2. The van der Waals surface area contributed by atoms with Gasteiger partial charge in [0.2, 0.25) is 11.8 Å². The number of amides is 2. The molecular formula is C20H28N2O4. The minimum Gasteiger partial charge on any atom is -0.491 e. The second kappa shape index (κ2) is 8.54. The van der Waals surface area contributed by atoms with Gasteiger partial charge in [-0.25, -0.2) is 0 Å². The highest BCUT2D eigenvalue weighted by Gasteiger charge is 2.32. The molecule has 0 radical (unpaired) electrons. The van der Waals surface area contributed by atoms with Gasteiger partial charge >= 0.3 is 0 Å². The normalized spacial score (nSPS) is 23.8. The third kappa shape index (κ3) is 4.97. The number of likely N-dealkylation sites (tertiary alicyclic amines) is 2. The molecule has 6 nitrogen and oxygen atoms in total. The van der Waals surface area contributed by atoms with E-state index in [4.69, 9.17) is 4.74 Å². The minimum atomic E-state index is -0.907. The van der Waals surface area contributed by atoms with Crippen LogP contribution in [0.1, 0.15) is 38.5 Å². The van der Waals surface area contributed by atoms with Crippen LogP contribution in [0.3, 0.4) is 0 Å². The van der Waals surface area contributed by atoms with E-state index in [1.807, 2.05) is 35.2 Å². The topological polar surface area (TPSA) is 70.1 Å². The summed E-state index contributed by atoms with van der Waals surface area (Å²) < 4.78 is 5.73. The Balaban J connectivity index is 1.46. The van der Waals surface area contributed by atoms with Gasteiger partial charge in [0.1, 0.15) is 18.0 Å². The smallest absolute Gasteiger partial charge is 0.224 e. The van der Waals surface area contributed by atoms with E-state index in [0.29, 0.717) is 45.3 Å².